The highest BCUT2D eigenvalue weighted by molar-refractivity contribution is 5.77. The summed E-state index contributed by atoms with van der Waals surface area (Å²) >= 11 is 0. The van der Waals surface area contributed by atoms with E-state index < -0.39 is 0 Å². The van der Waals surface area contributed by atoms with Crippen LogP contribution in [0.2, 0.25) is 0 Å². The van der Waals surface area contributed by atoms with Crippen LogP contribution in [0.3, 0.4) is 0 Å². The Balaban J connectivity index is 2.38. The molecule has 0 bridgehead atoms. The first-order valence-corrected chi connectivity index (χ1v) is 4.62. The van der Waals surface area contributed by atoms with E-state index in [0.29, 0.717) is 12.1 Å². The topological polar surface area (TPSA) is 67.2 Å². The average Bonchev–Trinajstić information content (AvgIpc) is 2.17. The average molecular weight is 193 g/mol. The third-order valence-corrected chi connectivity index (χ3v) is 1.73. The van der Waals surface area contributed by atoms with Crippen molar-refractivity contribution in [3.63, 3.8) is 0 Å². The highest BCUT2D eigenvalue weighted by Crippen LogP contribution is 2.08. The molecule has 0 aliphatic heterocycles. The molecule has 1 aromatic rings. The Bertz CT molecular complexity index is 295. The van der Waals surface area contributed by atoms with Crippen molar-refractivity contribution in [2.75, 3.05) is 11.2 Å². The normalized spacial score (nSPS) is 9.50. The minimum Gasteiger partial charge on any atom is -0.399 e. The van der Waals surface area contributed by atoms with Gasteiger partial charge in [0, 0.05) is 12.1 Å². The van der Waals surface area contributed by atoms with Crippen molar-refractivity contribution in [1.82, 2.24) is 5.43 Å². The number of benzene rings is 1. The second kappa shape index (κ2) is 5.11. The van der Waals surface area contributed by atoms with Crippen LogP contribution in [0, 0.1) is 0 Å². The Labute approximate surface area is 83.5 Å². The molecule has 4 nitrogen and oxygen atoms in total. The van der Waals surface area contributed by atoms with Gasteiger partial charge >= 0.3 is 0 Å². The summed E-state index contributed by atoms with van der Waals surface area (Å²) in [5, 5.41) is 0. The van der Waals surface area contributed by atoms with Crippen molar-refractivity contribution in [1.29, 1.82) is 0 Å². The first-order valence-electron chi connectivity index (χ1n) is 4.62. The maximum Gasteiger partial charge on any atom is 0.238 e. The molecule has 1 rings (SSSR count). The van der Waals surface area contributed by atoms with Crippen LogP contribution in [0.1, 0.15) is 19.8 Å². The summed E-state index contributed by atoms with van der Waals surface area (Å²) in [6.45, 7) is 1.96. The zero-order valence-electron chi connectivity index (χ0n) is 8.21. The Morgan fingerprint density at radius 2 is 2.00 bits per heavy atom. The minimum atomic E-state index is -0.00988. The Morgan fingerprint density at radius 1 is 1.36 bits per heavy atom. The smallest absolute Gasteiger partial charge is 0.238 e. The number of hydrogen-bond acceptors (Lipinski definition) is 3. The highest BCUT2D eigenvalue weighted by Gasteiger charge is 1.97. The van der Waals surface area contributed by atoms with Gasteiger partial charge in [0.25, 0.3) is 0 Å². The number of carbonyl (C=O) groups is 1. The first kappa shape index (κ1) is 10.4. The van der Waals surface area contributed by atoms with Crippen LogP contribution < -0.4 is 16.6 Å². The van der Waals surface area contributed by atoms with Gasteiger partial charge in [-0.25, -0.2) is 0 Å². The van der Waals surface area contributed by atoms with Crippen molar-refractivity contribution in [2.24, 2.45) is 0 Å². The van der Waals surface area contributed by atoms with E-state index in [1.807, 2.05) is 19.1 Å². The fourth-order valence-electron chi connectivity index (χ4n) is 0.998. The van der Waals surface area contributed by atoms with E-state index in [1.54, 1.807) is 12.1 Å². The Hall–Kier alpha value is -1.71. The molecule has 0 spiro atoms. The molecule has 14 heavy (non-hydrogen) atoms. The number of amides is 1. The van der Waals surface area contributed by atoms with Crippen molar-refractivity contribution in [3.8, 4) is 0 Å². The van der Waals surface area contributed by atoms with Gasteiger partial charge in [-0.05, 0) is 30.7 Å². The van der Waals surface area contributed by atoms with Gasteiger partial charge in [-0.2, -0.15) is 0 Å². The molecular weight excluding hydrogens is 178 g/mol. The molecule has 0 saturated carbocycles. The molecule has 0 saturated heterocycles. The lowest BCUT2D eigenvalue weighted by molar-refractivity contribution is -0.120. The third-order valence-electron chi connectivity index (χ3n) is 1.73. The van der Waals surface area contributed by atoms with E-state index >= 15 is 0 Å². The van der Waals surface area contributed by atoms with E-state index in [9.17, 15) is 4.79 Å². The predicted octanol–water partition coefficient (Wildman–Crippen LogP) is 1.51. The second-order valence-electron chi connectivity index (χ2n) is 3.05. The molecule has 0 atom stereocenters. The molecule has 1 aromatic carbocycles. The fraction of sp³-hybridized carbons (Fsp3) is 0.300. The lowest BCUT2D eigenvalue weighted by Gasteiger charge is -2.07. The molecule has 4 N–H and O–H groups in total. The number of nitrogens with one attached hydrogen (secondary N) is 2. The number of nitrogen functional groups attached to an aromatic ring is 1. The summed E-state index contributed by atoms with van der Waals surface area (Å²) in [6, 6.07) is 7.16. The van der Waals surface area contributed by atoms with Gasteiger partial charge in [-0.1, -0.05) is 6.92 Å². The zero-order chi connectivity index (χ0) is 10.4. The molecule has 0 aromatic heterocycles. The minimum absolute atomic E-state index is 0.00988. The van der Waals surface area contributed by atoms with Crippen LogP contribution in [0.4, 0.5) is 11.4 Å². The quantitative estimate of drug-likeness (QED) is 0.501. The number of hydrazine groups is 1. The van der Waals surface area contributed by atoms with Crippen molar-refractivity contribution in [2.45, 2.75) is 19.8 Å². The number of nitrogens with two attached hydrogens (primary N) is 1. The molecule has 0 aliphatic carbocycles. The second-order valence-corrected chi connectivity index (χ2v) is 3.05. The molecule has 4 heteroatoms. The van der Waals surface area contributed by atoms with Crippen LogP contribution in [0.25, 0.3) is 0 Å². The van der Waals surface area contributed by atoms with Crippen molar-refractivity contribution >= 4 is 17.3 Å². The van der Waals surface area contributed by atoms with E-state index in [1.165, 1.54) is 0 Å². The van der Waals surface area contributed by atoms with Crippen LogP contribution in [0.5, 0.6) is 0 Å². The standard InChI is InChI=1S/C10H15N3O/c1-2-3-10(14)13-12-9-6-4-8(11)5-7-9/h4-7,12H,2-3,11H2,1H3,(H,13,14). The van der Waals surface area contributed by atoms with Gasteiger partial charge in [0.1, 0.15) is 0 Å². The van der Waals surface area contributed by atoms with Crippen LogP contribution >= 0.6 is 0 Å². The van der Waals surface area contributed by atoms with E-state index in [2.05, 4.69) is 10.9 Å². The van der Waals surface area contributed by atoms with Gasteiger partial charge in [0.15, 0.2) is 0 Å². The highest BCUT2D eigenvalue weighted by atomic mass is 16.2. The van der Waals surface area contributed by atoms with E-state index in [4.69, 9.17) is 5.73 Å². The van der Waals surface area contributed by atoms with Gasteiger partial charge in [-0.15, -0.1) is 0 Å². The predicted molar refractivity (Wildman–Crippen MR) is 57.5 cm³/mol. The molecular formula is C10H15N3O. The van der Waals surface area contributed by atoms with Crippen molar-refractivity contribution in [3.05, 3.63) is 24.3 Å². The summed E-state index contributed by atoms with van der Waals surface area (Å²) in [6.07, 6.45) is 1.37. The van der Waals surface area contributed by atoms with Crippen molar-refractivity contribution < 1.29 is 4.79 Å². The zero-order valence-corrected chi connectivity index (χ0v) is 8.21. The van der Waals surface area contributed by atoms with Crippen LogP contribution in [0.15, 0.2) is 24.3 Å². The SMILES string of the molecule is CCCC(=O)NNc1ccc(N)cc1. The number of carbonyl (C=O) groups excluding carboxylic acids is 1. The van der Waals surface area contributed by atoms with Gasteiger partial charge < -0.3 is 5.73 Å². The lowest BCUT2D eigenvalue weighted by atomic mass is 10.3. The summed E-state index contributed by atoms with van der Waals surface area (Å²) in [5.41, 5.74) is 12.4. The van der Waals surface area contributed by atoms with Crippen LogP contribution in [-0.4, -0.2) is 5.91 Å². The molecule has 0 aliphatic rings. The maximum absolute atomic E-state index is 11.1. The number of rotatable bonds is 4. The fourth-order valence-corrected chi connectivity index (χ4v) is 0.998. The monoisotopic (exact) mass is 193 g/mol. The molecule has 76 valence electrons. The van der Waals surface area contributed by atoms with Gasteiger partial charge in [0.2, 0.25) is 5.91 Å². The summed E-state index contributed by atoms with van der Waals surface area (Å²) in [4.78, 5) is 11.1. The van der Waals surface area contributed by atoms with Gasteiger partial charge in [0.05, 0.1) is 5.69 Å². The summed E-state index contributed by atoms with van der Waals surface area (Å²) < 4.78 is 0. The molecule has 0 unspecified atom stereocenters. The maximum atomic E-state index is 11.1. The third kappa shape index (κ3) is 3.35. The van der Waals surface area contributed by atoms with Crippen LogP contribution in [-0.2, 0) is 4.79 Å². The Morgan fingerprint density at radius 3 is 2.57 bits per heavy atom. The molecule has 1 amide bonds. The molecule has 0 fully saturated rings. The lowest BCUT2D eigenvalue weighted by Crippen LogP contribution is -2.28. The number of hydrogen-bond donors (Lipinski definition) is 3. The van der Waals surface area contributed by atoms with E-state index in [-0.39, 0.29) is 5.91 Å². The summed E-state index contributed by atoms with van der Waals surface area (Å²) in [7, 11) is 0. The number of anilines is 2. The molecule has 0 radical (unpaired) electrons. The largest absolute Gasteiger partial charge is 0.399 e. The van der Waals surface area contributed by atoms with E-state index in [0.717, 1.165) is 12.1 Å². The first-order chi connectivity index (χ1) is 6.72. The summed E-state index contributed by atoms with van der Waals surface area (Å²) in [5.74, 6) is -0.00988. The molecule has 0 heterocycles. The Kier molecular flexibility index (Phi) is 3.79. The van der Waals surface area contributed by atoms with Gasteiger partial charge in [-0.3, -0.25) is 15.6 Å².